The van der Waals surface area contributed by atoms with E-state index in [0.717, 1.165) is 24.0 Å². The van der Waals surface area contributed by atoms with Gasteiger partial charge in [-0.15, -0.1) is 0 Å². The van der Waals surface area contributed by atoms with Crippen LogP contribution in [-0.2, 0) is 9.59 Å². The summed E-state index contributed by atoms with van der Waals surface area (Å²) < 4.78 is 11.0. The second-order valence-corrected chi connectivity index (χ2v) is 7.51. The van der Waals surface area contributed by atoms with Crippen LogP contribution >= 0.6 is 0 Å². The summed E-state index contributed by atoms with van der Waals surface area (Å²) in [5, 5.41) is 14.4. The molecule has 1 aliphatic rings. The molecule has 0 unspecified atom stereocenters. The number of fused-ring (bicyclic) bond motifs is 1. The minimum Gasteiger partial charge on any atom is -0.550 e. The summed E-state index contributed by atoms with van der Waals surface area (Å²) in [6, 6.07) is 4.97. The first-order valence-electron chi connectivity index (χ1n) is 9.49. The lowest BCUT2D eigenvalue weighted by atomic mass is 9.82. The maximum atomic E-state index is 12.2. The van der Waals surface area contributed by atoms with E-state index in [1.807, 2.05) is 13.0 Å². The standard InChI is InChI=1S/C21H25NO6/c1-12-7-16(20-13(2)9-19(24)28-17(20)8-12)27-11-18(23)22-10-14-3-5-15(6-4-14)21(25)26/h7-9,14-15H,3-6,10-11H2,1-2H3,(H,22,23)(H,25,26)/p-1. The number of amides is 1. The van der Waals surface area contributed by atoms with Crippen molar-refractivity contribution in [3.63, 3.8) is 0 Å². The molecule has 0 spiro atoms. The Labute approximate surface area is 162 Å². The number of hydrogen-bond donors (Lipinski definition) is 1. The number of hydrogen-bond acceptors (Lipinski definition) is 6. The number of carbonyl (C=O) groups excluding carboxylic acids is 2. The van der Waals surface area contributed by atoms with E-state index in [4.69, 9.17) is 9.15 Å². The SMILES string of the molecule is Cc1cc(OCC(=O)NCC2CCC(C(=O)[O-])CC2)c2c(C)cc(=O)oc2c1. The van der Waals surface area contributed by atoms with E-state index in [2.05, 4.69) is 5.32 Å². The van der Waals surface area contributed by atoms with Gasteiger partial charge in [-0.05, 0) is 74.6 Å². The highest BCUT2D eigenvalue weighted by Crippen LogP contribution is 2.30. The van der Waals surface area contributed by atoms with Crippen LogP contribution in [0.5, 0.6) is 5.75 Å². The third kappa shape index (κ3) is 4.71. The van der Waals surface area contributed by atoms with Crippen molar-refractivity contribution in [3.05, 3.63) is 39.7 Å². The number of aliphatic carboxylic acids is 1. The minimum absolute atomic E-state index is 0.147. The van der Waals surface area contributed by atoms with Crippen LogP contribution in [0.25, 0.3) is 11.0 Å². The van der Waals surface area contributed by atoms with Gasteiger partial charge in [-0.2, -0.15) is 0 Å². The van der Waals surface area contributed by atoms with Crippen molar-refractivity contribution in [3.8, 4) is 5.75 Å². The fourth-order valence-electron chi connectivity index (χ4n) is 3.75. The van der Waals surface area contributed by atoms with E-state index in [0.29, 0.717) is 36.1 Å². The predicted octanol–water partition coefficient (Wildman–Crippen LogP) is 1.46. The second kappa shape index (κ2) is 8.46. The molecule has 1 heterocycles. The van der Waals surface area contributed by atoms with Crippen LogP contribution in [0.3, 0.4) is 0 Å². The number of rotatable bonds is 6. The van der Waals surface area contributed by atoms with Gasteiger partial charge in [0.1, 0.15) is 11.3 Å². The topological polar surface area (TPSA) is 109 Å². The lowest BCUT2D eigenvalue weighted by Crippen LogP contribution is -2.37. The molecule has 0 saturated heterocycles. The van der Waals surface area contributed by atoms with Gasteiger partial charge in [-0.3, -0.25) is 4.79 Å². The monoisotopic (exact) mass is 386 g/mol. The van der Waals surface area contributed by atoms with Crippen molar-refractivity contribution < 1.29 is 23.8 Å². The molecular weight excluding hydrogens is 362 g/mol. The van der Waals surface area contributed by atoms with Gasteiger partial charge in [-0.25, -0.2) is 4.79 Å². The molecule has 2 aromatic rings. The first kappa shape index (κ1) is 19.9. The molecule has 1 saturated carbocycles. The van der Waals surface area contributed by atoms with Gasteiger partial charge in [0, 0.05) is 18.6 Å². The predicted molar refractivity (Wildman–Crippen MR) is 101 cm³/mol. The molecule has 1 amide bonds. The van der Waals surface area contributed by atoms with E-state index in [1.165, 1.54) is 6.07 Å². The van der Waals surface area contributed by atoms with Crippen LogP contribution in [0.4, 0.5) is 0 Å². The van der Waals surface area contributed by atoms with Crippen molar-refractivity contribution in [1.29, 1.82) is 0 Å². The zero-order chi connectivity index (χ0) is 20.3. The Balaban J connectivity index is 1.57. The third-order valence-electron chi connectivity index (χ3n) is 5.28. The highest BCUT2D eigenvalue weighted by atomic mass is 16.5. The summed E-state index contributed by atoms with van der Waals surface area (Å²) in [4.78, 5) is 34.6. The molecule has 1 aromatic heterocycles. The highest BCUT2D eigenvalue weighted by molar-refractivity contribution is 5.88. The Morgan fingerprint density at radius 1 is 1.18 bits per heavy atom. The zero-order valence-corrected chi connectivity index (χ0v) is 16.1. The molecule has 0 bridgehead atoms. The van der Waals surface area contributed by atoms with Gasteiger partial charge in [0.15, 0.2) is 6.61 Å². The molecule has 0 atom stereocenters. The lowest BCUT2D eigenvalue weighted by molar-refractivity contribution is -0.312. The first-order chi connectivity index (χ1) is 13.3. The van der Waals surface area contributed by atoms with Crippen molar-refractivity contribution in [1.82, 2.24) is 5.32 Å². The average molecular weight is 386 g/mol. The molecule has 1 aliphatic carbocycles. The molecular formula is C21H24NO6-. The van der Waals surface area contributed by atoms with Crippen LogP contribution in [0.15, 0.2) is 27.4 Å². The van der Waals surface area contributed by atoms with Gasteiger partial charge in [0.2, 0.25) is 0 Å². The molecule has 1 N–H and O–H groups in total. The maximum Gasteiger partial charge on any atom is 0.336 e. The summed E-state index contributed by atoms with van der Waals surface area (Å²) in [6.07, 6.45) is 2.72. The van der Waals surface area contributed by atoms with Crippen LogP contribution in [0.2, 0.25) is 0 Å². The number of nitrogens with one attached hydrogen (secondary N) is 1. The van der Waals surface area contributed by atoms with E-state index in [9.17, 15) is 19.5 Å². The van der Waals surface area contributed by atoms with E-state index < -0.39 is 11.6 Å². The number of carboxylic acid groups (broad SMARTS) is 1. The second-order valence-electron chi connectivity index (χ2n) is 7.51. The van der Waals surface area contributed by atoms with Gasteiger partial charge in [0.25, 0.3) is 5.91 Å². The number of ether oxygens (including phenoxy) is 1. The quantitative estimate of drug-likeness (QED) is 0.753. The van der Waals surface area contributed by atoms with Crippen LogP contribution in [0, 0.1) is 25.7 Å². The molecule has 3 rings (SSSR count). The molecule has 150 valence electrons. The van der Waals surface area contributed by atoms with E-state index in [-0.39, 0.29) is 24.3 Å². The fraction of sp³-hybridized carbons (Fsp3) is 0.476. The molecule has 7 nitrogen and oxygen atoms in total. The maximum absolute atomic E-state index is 12.2. The van der Waals surface area contributed by atoms with E-state index in [1.54, 1.807) is 13.0 Å². The molecule has 28 heavy (non-hydrogen) atoms. The highest BCUT2D eigenvalue weighted by Gasteiger charge is 2.22. The van der Waals surface area contributed by atoms with Crippen molar-refractivity contribution in [2.24, 2.45) is 11.8 Å². The van der Waals surface area contributed by atoms with Crippen molar-refractivity contribution in [2.45, 2.75) is 39.5 Å². The number of benzene rings is 1. The Bertz CT molecular complexity index is 940. The minimum atomic E-state index is -0.979. The summed E-state index contributed by atoms with van der Waals surface area (Å²) in [6.45, 7) is 4.01. The van der Waals surface area contributed by atoms with Crippen LogP contribution < -0.4 is 20.8 Å². The summed E-state index contributed by atoms with van der Waals surface area (Å²) in [5.74, 6) is -0.816. The Hall–Kier alpha value is -2.83. The zero-order valence-electron chi connectivity index (χ0n) is 16.1. The van der Waals surface area contributed by atoms with Crippen molar-refractivity contribution >= 4 is 22.8 Å². The number of carboxylic acids is 1. The smallest absolute Gasteiger partial charge is 0.336 e. The van der Waals surface area contributed by atoms with Crippen LogP contribution in [0.1, 0.15) is 36.8 Å². The molecule has 1 aromatic carbocycles. The lowest BCUT2D eigenvalue weighted by Gasteiger charge is -2.29. The van der Waals surface area contributed by atoms with Gasteiger partial charge < -0.3 is 24.4 Å². The van der Waals surface area contributed by atoms with E-state index >= 15 is 0 Å². The van der Waals surface area contributed by atoms with Gasteiger partial charge in [0.05, 0.1) is 5.39 Å². The number of aryl methyl sites for hydroxylation is 2. The Morgan fingerprint density at radius 2 is 1.89 bits per heavy atom. The third-order valence-corrected chi connectivity index (χ3v) is 5.28. The van der Waals surface area contributed by atoms with Gasteiger partial charge in [-0.1, -0.05) is 0 Å². The first-order valence-corrected chi connectivity index (χ1v) is 9.49. The molecule has 0 aliphatic heterocycles. The Kier molecular flexibility index (Phi) is 6.02. The molecule has 1 fully saturated rings. The van der Waals surface area contributed by atoms with Crippen LogP contribution in [-0.4, -0.2) is 25.0 Å². The average Bonchev–Trinajstić information content (AvgIpc) is 2.63. The van der Waals surface area contributed by atoms with Crippen molar-refractivity contribution in [2.75, 3.05) is 13.2 Å². The van der Waals surface area contributed by atoms with Gasteiger partial charge >= 0.3 is 5.63 Å². The summed E-state index contributed by atoms with van der Waals surface area (Å²) in [5.41, 5.74) is 1.60. The Morgan fingerprint density at radius 3 is 2.57 bits per heavy atom. The summed E-state index contributed by atoms with van der Waals surface area (Å²) in [7, 11) is 0. The molecule has 7 heteroatoms. The molecule has 0 radical (unpaired) electrons. The summed E-state index contributed by atoms with van der Waals surface area (Å²) >= 11 is 0. The largest absolute Gasteiger partial charge is 0.550 e. The fourth-order valence-corrected chi connectivity index (χ4v) is 3.75. The normalized spacial score (nSPS) is 19.4. The number of carbonyl (C=O) groups is 2.